The number of hydrogen-bond acceptors (Lipinski definition) is 4. The normalized spacial score (nSPS) is 25.0. The Morgan fingerprint density at radius 3 is 2.55 bits per heavy atom. The van der Waals surface area contributed by atoms with Gasteiger partial charge in [-0.2, -0.15) is 4.31 Å². The fourth-order valence-electron chi connectivity index (χ4n) is 2.82. The summed E-state index contributed by atoms with van der Waals surface area (Å²) in [6, 6.07) is 1.65. The topological polar surface area (TPSA) is 62.6 Å². The van der Waals surface area contributed by atoms with E-state index in [4.69, 9.17) is 4.42 Å². The summed E-state index contributed by atoms with van der Waals surface area (Å²) >= 11 is 3.23. The molecule has 2 atom stereocenters. The van der Waals surface area contributed by atoms with Crippen molar-refractivity contribution in [2.75, 3.05) is 7.05 Å². The highest BCUT2D eigenvalue weighted by atomic mass is 79.9. The molecule has 5 nitrogen and oxygen atoms in total. The van der Waals surface area contributed by atoms with Crippen LogP contribution in [0.4, 0.5) is 0 Å². The summed E-state index contributed by atoms with van der Waals surface area (Å²) in [5.41, 5.74) is 0. The van der Waals surface area contributed by atoms with Crippen LogP contribution < -0.4 is 5.32 Å². The Balaban J connectivity index is 2.38. The van der Waals surface area contributed by atoms with Crippen molar-refractivity contribution in [2.45, 2.75) is 56.6 Å². The highest BCUT2D eigenvalue weighted by molar-refractivity contribution is 9.10. The fourth-order valence-corrected chi connectivity index (χ4v) is 5.67. The van der Waals surface area contributed by atoms with E-state index in [0.29, 0.717) is 12.3 Å². The van der Waals surface area contributed by atoms with Gasteiger partial charge in [-0.1, -0.05) is 6.42 Å². The van der Waals surface area contributed by atoms with Gasteiger partial charge < -0.3 is 9.73 Å². The number of halogens is 1. The van der Waals surface area contributed by atoms with Crippen molar-refractivity contribution in [1.82, 2.24) is 9.62 Å². The minimum atomic E-state index is -3.52. The van der Waals surface area contributed by atoms with E-state index in [0.717, 1.165) is 19.3 Å². The molecule has 1 aliphatic rings. The number of hydrogen-bond donors (Lipinski definition) is 1. The van der Waals surface area contributed by atoms with Gasteiger partial charge in [0.25, 0.3) is 0 Å². The van der Waals surface area contributed by atoms with Crippen molar-refractivity contribution < 1.29 is 12.8 Å². The predicted octanol–water partition coefficient (Wildman–Crippen LogP) is 2.71. The van der Waals surface area contributed by atoms with Crippen molar-refractivity contribution in [1.29, 1.82) is 0 Å². The van der Waals surface area contributed by atoms with Crippen LogP contribution in [0.3, 0.4) is 0 Å². The van der Waals surface area contributed by atoms with E-state index in [1.807, 2.05) is 13.8 Å². The van der Waals surface area contributed by atoms with Crippen LogP contribution in [0.25, 0.3) is 0 Å². The van der Waals surface area contributed by atoms with Crippen LogP contribution in [0.5, 0.6) is 0 Å². The van der Waals surface area contributed by atoms with E-state index in [2.05, 4.69) is 21.2 Å². The summed E-state index contributed by atoms with van der Waals surface area (Å²) < 4.78 is 33.1. The van der Waals surface area contributed by atoms with E-state index in [9.17, 15) is 8.42 Å². The van der Waals surface area contributed by atoms with Gasteiger partial charge in [0.1, 0.15) is 10.7 Å². The Labute approximate surface area is 128 Å². The highest BCUT2D eigenvalue weighted by Crippen LogP contribution is 2.34. The first-order chi connectivity index (χ1) is 9.37. The number of piperidine rings is 1. The van der Waals surface area contributed by atoms with Crippen molar-refractivity contribution >= 4 is 26.0 Å². The van der Waals surface area contributed by atoms with Crippen LogP contribution in [0.15, 0.2) is 20.0 Å². The Hall–Kier alpha value is -0.370. The minimum absolute atomic E-state index is 0.0262. The molecule has 0 aliphatic carbocycles. The molecule has 1 saturated heterocycles. The highest BCUT2D eigenvalue weighted by Gasteiger charge is 2.37. The molecule has 0 aromatic carbocycles. The molecule has 1 fully saturated rings. The second-order valence-electron chi connectivity index (χ2n) is 5.34. The molecule has 1 aromatic heterocycles. The lowest BCUT2D eigenvalue weighted by atomic mass is 10.0. The molecule has 114 valence electrons. The summed E-state index contributed by atoms with van der Waals surface area (Å²) in [7, 11) is -1.73. The molecule has 0 saturated carbocycles. The largest absolute Gasteiger partial charge is 0.452 e. The molecular formula is C13H21BrN2O3S. The average Bonchev–Trinajstić information content (AvgIpc) is 2.71. The Kier molecular flexibility index (Phi) is 4.94. The van der Waals surface area contributed by atoms with E-state index in [-0.39, 0.29) is 21.6 Å². The second kappa shape index (κ2) is 6.17. The Bertz CT molecular complexity index is 560. The Morgan fingerprint density at radius 1 is 1.40 bits per heavy atom. The van der Waals surface area contributed by atoms with Crippen molar-refractivity contribution in [3.05, 3.63) is 16.5 Å². The standard InChI is InChI=1S/C13H21BrN2O3S/c1-9-5-4-6-10(2)16(9)20(17,18)12-7-11(8-15-3)19-13(12)14/h7,9-10,15H,4-6,8H2,1-3H3. The number of nitrogens with one attached hydrogen (secondary N) is 1. The molecule has 7 heteroatoms. The molecule has 2 unspecified atom stereocenters. The zero-order valence-electron chi connectivity index (χ0n) is 12.0. The maximum atomic E-state index is 12.9. The van der Waals surface area contributed by atoms with Crippen molar-refractivity contribution in [2.24, 2.45) is 0 Å². The smallest absolute Gasteiger partial charge is 0.247 e. The Morgan fingerprint density at radius 2 is 2.00 bits per heavy atom. The summed E-state index contributed by atoms with van der Waals surface area (Å²) in [6.07, 6.45) is 2.89. The monoisotopic (exact) mass is 364 g/mol. The summed E-state index contributed by atoms with van der Waals surface area (Å²) in [5, 5.41) is 2.95. The summed E-state index contributed by atoms with van der Waals surface area (Å²) in [5.74, 6) is 0.607. The molecule has 2 heterocycles. The molecule has 1 N–H and O–H groups in total. The average molecular weight is 365 g/mol. The number of rotatable bonds is 4. The van der Waals surface area contributed by atoms with Crippen LogP contribution in [0.1, 0.15) is 38.9 Å². The first kappa shape index (κ1) is 16.0. The fraction of sp³-hybridized carbons (Fsp3) is 0.692. The molecule has 0 spiro atoms. The zero-order valence-corrected chi connectivity index (χ0v) is 14.4. The molecule has 1 aliphatic heterocycles. The quantitative estimate of drug-likeness (QED) is 0.891. The van der Waals surface area contributed by atoms with E-state index in [1.54, 1.807) is 17.4 Å². The number of furan rings is 1. The predicted molar refractivity (Wildman–Crippen MR) is 81.0 cm³/mol. The molecule has 0 radical (unpaired) electrons. The first-order valence-electron chi connectivity index (χ1n) is 6.84. The van der Waals surface area contributed by atoms with Gasteiger partial charge in [-0.05, 0) is 49.7 Å². The van der Waals surface area contributed by atoms with Crippen molar-refractivity contribution in [3.63, 3.8) is 0 Å². The molecular weight excluding hydrogens is 344 g/mol. The van der Waals surface area contributed by atoms with Gasteiger partial charge >= 0.3 is 0 Å². The minimum Gasteiger partial charge on any atom is -0.452 e. The van der Waals surface area contributed by atoms with E-state index < -0.39 is 10.0 Å². The number of nitrogens with zero attached hydrogens (tertiary/aromatic N) is 1. The second-order valence-corrected chi connectivity index (χ2v) is 7.88. The molecule has 20 heavy (non-hydrogen) atoms. The van der Waals surface area contributed by atoms with Crippen LogP contribution in [0.2, 0.25) is 0 Å². The maximum absolute atomic E-state index is 12.9. The third-order valence-corrected chi connectivity index (χ3v) is 6.71. The van der Waals surface area contributed by atoms with Gasteiger partial charge in [0, 0.05) is 18.2 Å². The zero-order chi connectivity index (χ0) is 14.9. The lowest BCUT2D eigenvalue weighted by molar-refractivity contribution is 0.204. The maximum Gasteiger partial charge on any atom is 0.247 e. The van der Waals surface area contributed by atoms with Crippen LogP contribution in [-0.4, -0.2) is 31.9 Å². The summed E-state index contributed by atoms with van der Waals surface area (Å²) in [4.78, 5) is 0.225. The van der Waals surface area contributed by atoms with Gasteiger partial charge in [0.05, 0.1) is 6.54 Å². The van der Waals surface area contributed by atoms with Gasteiger partial charge in [-0.3, -0.25) is 0 Å². The SMILES string of the molecule is CNCc1cc(S(=O)(=O)N2C(C)CCCC2C)c(Br)o1. The van der Waals surface area contributed by atoms with Crippen LogP contribution in [-0.2, 0) is 16.6 Å². The van der Waals surface area contributed by atoms with Gasteiger partial charge in [0.2, 0.25) is 10.0 Å². The van der Waals surface area contributed by atoms with Crippen LogP contribution >= 0.6 is 15.9 Å². The summed E-state index contributed by atoms with van der Waals surface area (Å²) in [6.45, 7) is 4.44. The molecule has 0 amide bonds. The third-order valence-electron chi connectivity index (χ3n) is 3.73. The van der Waals surface area contributed by atoms with Crippen molar-refractivity contribution in [3.8, 4) is 0 Å². The molecule has 1 aromatic rings. The molecule has 2 rings (SSSR count). The first-order valence-corrected chi connectivity index (χ1v) is 9.07. The lowest BCUT2D eigenvalue weighted by Crippen LogP contribution is -2.47. The van der Waals surface area contributed by atoms with Crippen LogP contribution in [0, 0.1) is 0 Å². The van der Waals surface area contributed by atoms with Gasteiger partial charge in [0.15, 0.2) is 4.67 Å². The van der Waals surface area contributed by atoms with Gasteiger partial charge in [-0.25, -0.2) is 8.42 Å². The van der Waals surface area contributed by atoms with E-state index >= 15 is 0 Å². The lowest BCUT2D eigenvalue weighted by Gasteiger charge is -2.37. The number of sulfonamides is 1. The molecule has 0 bridgehead atoms. The van der Waals surface area contributed by atoms with E-state index in [1.165, 1.54) is 0 Å². The van der Waals surface area contributed by atoms with Gasteiger partial charge in [-0.15, -0.1) is 0 Å². The third kappa shape index (κ3) is 2.95.